The fraction of sp³-hybridized carbons (Fsp3) is 0.227. The monoisotopic (exact) mass is 467 g/mol. The Balaban J connectivity index is 1.88. The van der Waals surface area contributed by atoms with Gasteiger partial charge in [0, 0.05) is 24.0 Å². The van der Waals surface area contributed by atoms with Crippen molar-refractivity contribution in [2.45, 2.75) is 13.8 Å². The summed E-state index contributed by atoms with van der Waals surface area (Å²) >= 11 is 1.12. The van der Waals surface area contributed by atoms with Gasteiger partial charge in [0.1, 0.15) is 10.6 Å². The van der Waals surface area contributed by atoms with Gasteiger partial charge in [0.15, 0.2) is 5.69 Å². The molecular weight excluding hydrogens is 446 g/mol. The second-order valence-electron chi connectivity index (χ2n) is 7.15. The molecule has 0 radical (unpaired) electrons. The summed E-state index contributed by atoms with van der Waals surface area (Å²) in [5.74, 6) is -1.01. The maximum absolute atomic E-state index is 13.4. The summed E-state index contributed by atoms with van der Waals surface area (Å²) in [7, 11) is 3.08. The first-order valence-corrected chi connectivity index (χ1v) is 10.9. The standard InChI is InChI=1S/C22H21N5O5S/c1-5-32-22(30)17-15-11-33-20(23-18(28)14-10-26(3)25-19(14)31-4)16(15)21(29)27(24-17)13-8-6-12(2)7-9-13/h6-11H,5H2,1-4H3,(H,23,28). The number of nitrogens with one attached hydrogen (secondary N) is 1. The number of carbonyl (C=O) groups is 2. The number of hydrogen-bond acceptors (Lipinski definition) is 8. The van der Waals surface area contributed by atoms with Gasteiger partial charge >= 0.3 is 5.97 Å². The Morgan fingerprint density at radius 3 is 2.58 bits per heavy atom. The highest BCUT2D eigenvalue weighted by Crippen LogP contribution is 2.31. The van der Waals surface area contributed by atoms with Gasteiger partial charge in [-0.2, -0.15) is 9.78 Å². The average Bonchev–Trinajstić information content (AvgIpc) is 3.38. The summed E-state index contributed by atoms with van der Waals surface area (Å²) in [6.07, 6.45) is 1.51. The molecule has 11 heteroatoms. The first-order chi connectivity index (χ1) is 15.8. The van der Waals surface area contributed by atoms with Crippen LogP contribution in [-0.2, 0) is 11.8 Å². The molecule has 3 aromatic heterocycles. The number of nitrogens with zero attached hydrogens (tertiary/aromatic N) is 4. The van der Waals surface area contributed by atoms with Crippen molar-refractivity contribution in [1.82, 2.24) is 19.6 Å². The zero-order valence-corrected chi connectivity index (χ0v) is 19.2. The van der Waals surface area contributed by atoms with Gasteiger partial charge in [0.05, 0.1) is 24.8 Å². The summed E-state index contributed by atoms with van der Waals surface area (Å²) in [6, 6.07) is 7.14. The molecule has 1 aromatic carbocycles. The molecule has 0 bridgehead atoms. The molecule has 0 aliphatic rings. The lowest BCUT2D eigenvalue weighted by Gasteiger charge is -2.10. The normalized spacial score (nSPS) is 10.9. The predicted octanol–water partition coefficient (Wildman–Crippen LogP) is 2.93. The third kappa shape index (κ3) is 4.10. The van der Waals surface area contributed by atoms with E-state index in [2.05, 4.69) is 15.5 Å². The van der Waals surface area contributed by atoms with Gasteiger partial charge in [-0.25, -0.2) is 4.79 Å². The van der Waals surface area contributed by atoms with E-state index in [-0.39, 0.29) is 34.1 Å². The zero-order valence-electron chi connectivity index (χ0n) is 18.4. The van der Waals surface area contributed by atoms with E-state index in [1.165, 1.54) is 18.0 Å². The molecule has 0 spiro atoms. The highest BCUT2D eigenvalue weighted by atomic mass is 32.1. The number of aromatic nitrogens is 4. The number of fused-ring (bicyclic) bond motifs is 1. The van der Waals surface area contributed by atoms with Crippen LogP contribution in [0.2, 0.25) is 0 Å². The van der Waals surface area contributed by atoms with Gasteiger partial charge < -0.3 is 14.8 Å². The van der Waals surface area contributed by atoms with Crippen molar-refractivity contribution in [3.63, 3.8) is 0 Å². The summed E-state index contributed by atoms with van der Waals surface area (Å²) in [6.45, 7) is 3.76. The Kier molecular flexibility index (Phi) is 5.97. The smallest absolute Gasteiger partial charge is 0.359 e. The van der Waals surface area contributed by atoms with E-state index < -0.39 is 17.4 Å². The molecule has 4 aromatic rings. The fourth-order valence-electron chi connectivity index (χ4n) is 3.30. The number of rotatable bonds is 6. The molecular formula is C22H21N5O5S. The van der Waals surface area contributed by atoms with Crippen LogP contribution in [0.15, 0.2) is 40.6 Å². The number of hydrogen-bond donors (Lipinski definition) is 1. The first-order valence-electron chi connectivity index (χ1n) is 10.0. The molecule has 0 unspecified atom stereocenters. The minimum atomic E-state index is -0.659. The van der Waals surface area contributed by atoms with E-state index in [1.807, 2.05) is 19.1 Å². The third-order valence-corrected chi connectivity index (χ3v) is 5.76. The lowest BCUT2D eigenvalue weighted by Crippen LogP contribution is -2.25. The number of anilines is 1. The number of thiophene rings is 1. The quantitative estimate of drug-likeness (QED) is 0.433. The molecule has 0 saturated carbocycles. The summed E-state index contributed by atoms with van der Waals surface area (Å²) in [5.41, 5.74) is 1.21. The average molecular weight is 468 g/mol. The molecule has 10 nitrogen and oxygen atoms in total. The minimum Gasteiger partial charge on any atom is -0.479 e. The van der Waals surface area contributed by atoms with E-state index in [9.17, 15) is 14.4 Å². The van der Waals surface area contributed by atoms with Crippen LogP contribution in [-0.4, -0.2) is 45.2 Å². The summed E-state index contributed by atoms with van der Waals surface area (Å²) < 4.78 is 12.9. The van der Waals surface area contributed by atoms with Crippen molar-refractivity contribution in [3.8, 4) is 11.6 Å². The molecule has 1 N–H and O–H groups in total. The Morgan fingerprint density at radius 2 is 1.91 bits per heavy atom. The second kappa shape index (κ2) is 8.87. The molecule has 1 amide bonds. The van der Waals surface area contributed by atoms with Gasteiger partial charge in [0.2, 0.25) is 5.88 Å². The van der Waals surface area contributed by atoms with Crippen LogP contribution in [0.1, 0.15) is 33.3 Å². The molecule has 0 aliphatic heterocycles. The number of ether oxygens (including phenoxy) is 2. The second-order valence-corrected chi connectivity index (χ2v) is 8.03. The summed E-state index contributed by atoms with van der Waals surface area (Å²) in [5, 5.41) is 13.5. The van der Waals surface area contributed by atoms with E-state index in [1.54, 1.807) is 31.5 Å². The van der Waals surface area contributed by atoms with E-state index >= 15 is 0 Å². The van der Waals surface area contributed by atoms with Crippen molar-refractivity contribution in [2.24, 2.45) is 7.05 Å². The molecule has 170 valence electrons. The number of benzene rings is 1. The molecule has 0 atom stereocenters. The lowest BCUT2D eigenvalue weighted by atomic mass is 10.2. The number of amides is 1. The topological polar surface area (TPSA) is 117 Å². The summed E-state index contributed by atoms with van der Waals surface area (Å²) in [4.78, 5) is 39.0. The zero-order chi connectivity index (χ0) is 23.7. The van der Waals surface area contributed by atoms with Crippen LogP contribution in [0, 0.1) is 6.92 Å². The fourth-order valence-corrected chi connectivity index (χ4v) is 4.23. The highest BCUT2D eigenvalue weighted by Gasteiger charge is 2.24. The molecule has 0 aliphatic carbocycles. The number of esters is 1. The molecule has 0 saturated heterocycles. The predicted molar refractivity (Wildman–Crippen MR) is 124 cm³/mol. The number of aryl methyl sites for hydroxylation is 2. The molecule has 4 rings (SSSR count). The molecule has 33 heavy (non-hydrogen) atoms. The SMILES string of the molecule is CCOC(=O)c1nn(-c2ccc(C)cc2)c(=O)c2c(NC(=O)c3cn(C)nc3OC)scc12. The van der Waals surface area contributed by atoms with Crippen molar-refractivity contribution in [1.29, 1.82) is 0 Å². The highest BCUT2D eigenvalue weighted by molar-refractivity contribution is 7.16. The first kappa shape index (κ1) is 22.2. The lowest BCUT2D eigenvalue weighted by molar-refractivity contribution is 0.0520. The number of methoxy groups -OCH3 is 1. The molecule has 3 heterocycles. The van der Waals surface area contributed by atoms with Crippen LogP contribution < -0.4 is 15.6 Å². The largest absolute Gasteiger partial charge is 0.479 e. The van der Waals surface area contributed by atoms with Crippen molar-refractivity contribution in [3.05, 3.63) is 63.0 Å². The van der Waals surface area contributed by atoms with Crippen LogP contribution >= 0.6 is 11.3 Å². The van der Waals surface area contributed by atoms with E-state index in [0.29, 0.717) is 11.1 Å². The van der Waals surface area contributed by atoms with E-state index in [0.717, 1.165) is 21.6 Å². The van der Waals surface area contributed by atoms with Crippen molar-refractivity contribution in [2.75, 3.05) is 19.0 Å². The maximum Gasteiger partial charge on any atom is 0.359 e. The Bertz CT molecular complexity index is 1420. The van der Waals surface area contributed by atoms with E-state index in [4.69, 9.17) is 9.47 Å². The van der Waals surface area contributed by atoms with Crippen molar-refractivity contribution < 1.29 is 19.1 Å². The third-order valence-electron chi connectivity index (χ3n) is 4.86. The van der Waals surface area contributed by atoms with Gasteiger partial charge in [-0.15, -0.1) is 16.4 Å². The Morgan fingerprint density at radius 1 is 1.18 bits per heavy atom. The number of carbonyl (C=O) groups excluding carboxylic acids is 2. The molecule has 0 fully saturated rings. The van der Waals surface area contributed by atoms with Gasteiger partial charge in [0.25, 0.3) is 11.5 Å². The van der Waals surface area contributed by atoms with Crippen molar-refractivity contribution >= 4 is 39.0 Å². The van der Waals surface area contributed by atoms with Crippen LogP contribution in [0.5, 0.6) is 5.88 Å². The van der Waals surface area contributed by atoms with Gasteiger partial charge in [-0.05, 0) is 26.0 Å². The van der Waals surface area contributed by atoms with Crippen LogP contribution in [0.3, 0.4) is 0 Å². The maximum atomic E-state index is 13.4. The Labute approximate surface area is 192 Å². The minimum absolute atomic E-state index is 0.0114. The Hall–Kier alpha value is -3.99. The van der Waals surface area contributed by atoms with Crippen LogP contribution in [0.25, 0.3) is 16.5 Å². The van der Waals surface area contributed by atoms with Gasteiger partial charge in [-0.1, -0.05) is 17.7 Å². The van der Waals surface area contributed by atoms with Crippen LogP contribution in [0.4, 0.5) is 5.00 Å². The van der Waals surface area contributed by atoms with Gasteiger partial charge in [-0.3, -0.25) is 14.3 Å².